The van der Waals surface area contributed by atoms with Gasteiger partial charge in [0.05, 0.1) is 18.1 Å². The molecule has 0 saturated carbocycles. The summed E-state index contributed by atoms with van der Waals surface area (Å²) >= 11 is 0. The molecule has 0 bridgehead atoms. The number of urea groups is 1. The first kappa shape index (κ1) is 15.9. The molecule has 1 saturated heterocycles. The van der Waals surface area contributed by atoms with E-state index >= 15 is 0 Å². The Kier molecular flexibility index (Phi) is 4.30. The van der Waals surface area contributed by atoms with Crippen LogP contribution in [0.4, 0.5) is 4.79 Å². The van der Waals surface area contributed by atoms with Gasteiger partial charge in [-0.1, -0.05) is 18.2 Å². The van der Waals surface area contributed by atoms with Gasteiger partial charge >= 0.3 is 6.03 Å². The predicted molar refractivity (Wildman–Crippen MR) is 87.9 cm³/mol. The van der Waals surface area contributed by atoms with E-state index < -0.39 is 9.84 Å². The van der Waals surface area contributed by atoms with E-state index in [2.05, 4.69) is 5.32 Å². The third-order valence-corrected chi connectivity index (χ3v) is 5.83. The molecule has 2 heterocycles. The van der Waals surface area contributed by atoms with Crippen LogP contribution in [0.5, 0.6) is 0 Å². The fourth-order valence-electron chi connectivity index (χ4n) is 2.84. The van der Waals surface area contributed by atoms with Crippen molar-refractivity contribution < 1.29 is 17.6 Å². The van der Waals surface area contributed by atoms with Gasteiger partial charge in [-0.2, -0.15) is 0 Å². The van der Waals surface area contributed by atoms with Crippen LogP contribution in [-0.4, -0.2) is 43.9 Å². The van der Waals surface area contributed by atoms with Crippen molar-refractivity contribution in [3.05, 3.63) is 36.1 Å². The minimum atomic E-state index is -3.03. The first-order valence-electron chi connectivity index (χ1n) is 7.62. The highest BCUT2D eigenvalue weighted by molar-refractivity contribution is 7.91. The van der Waals surface area contributed by atoms with E-state index in [1.165, 1.54) is 4.90 Å². The van der Waals surface area contributed by atoms with Gasteiger partial charge in [0.1, 0.15) is 11.3 Å². The summed E-state index contributed by atoms with van der Waals surface area (Å²) in [7, 11) is -1.36. The highest BCUT2D eigenvalue weighted by Crippen LogP contribution is 2.20. The average molecular weight is 336 g/mol. The predicted octanol–water partition coefficient (Wildman–Crippen LogP) is 2.15. The Bertz CT molecular complexity index is 779. The summed E-state index contributed by atoms with van der Waals surface area (Å²) in [6, 6.07) is 8.98. The van der Waals surface area contributed by atoms with Gasteiger partial charge in [-0.3, -0.25) is 0 Å². The number of hydrogen-bond acceptors (Lipinski definition) is 4. The lowest BCUT2D eigenvalue weighted by Gasteiger charge is -2.25. The zero-order valence-corrected chi connectivity index (χ0v) is 13.8. The molecular weight excluding hydrogens is 316 g/mol. The Morgan fingerprint density at radius 2 is 2.17 bits per heavy atom. The molecular formula is C16H20N2O4S. The third-order valence-electron chi connectivity index (χ3n) is 4.01. The number of sulfone groups is 1. The molecule has 1 N–H and O–H groups in total. The molecule has 6 nitrogen and oxygen atoms in total. The highest BCUT2D eigenvalue weighted by atomic mass is 32.2. The maximum atomic E-state index is 12.2. The van der Waals surface area contributed by atoms with Crippen LogP contribution in [0.1, 0.15) is 18.6 Å². The minimum absolute atomic E-state index is 0.0250. The summed E-state index contributed by atoms with van der Waals surface area (Å²) in [5.41, 5.74) is 0.787. The molecule has 0 radical (unpaired) electrons. The lowest BCUT2D eigenvalue weighted by atomic mass is 10.2. The molecule has 0 aliphatic carbocycles. The zero-order valence-electron chi connectivity index (χ0n) is 13.0. The maximum Gasteiger partial charge on any atom is 0.317 e. The molecule has 1 aromatic heterocycles. The second-order valence-electron chi connectivity index (χ2n) is 6.01. The van der Waals surface area contributed by atoms with Crippen LogP contribution >= 0.6 is 0 Å². The number of hydrogen-bond donors (Lipinski definition) is 1. The summed E-state index contributed by atoms with van der Waals surface area (Å²) in [5.74, 6) is 0.936. The molecule has 0 unspecified atom stereocenters. The number of carbonyl (C=O) groups excluding carboxylic acids is 1. The molecule has 2 aromatic rings. The Balaban J connectivity index is 1.61. The van der Waals surface area contributed by atoms with E-state index in [9.17, 15) is 13.2 Å². The minimum Gasteiger partial charge on any atom is -0.459 e. The quantitative estimate of drug-likeness (QED) is 0.931. The second kappa shape index (κ2) is 6.23. The van der Waals surface area contributed by atoms with Gasteiger partial charge < -0.3 is 14.6 Å². The molecule has 2 amide bonds. The first-order chi connectivity index (χ1) is 10.9. The zero-order chi connectivity index (χ0) is 16.4. The second-order valence-corrected chi connectivity index (χ2v) is 8.24. The maximum absolute atomic E-state index is 12.2. The molecule has 0 spiro atoms. The molecule has 23 heavy (non-hydrogen) atoms. The summed E-state index contributed by atoms with van der Waals surface area (Å²) in [4.78, 5) is 13.7. The van der Waals surface area contributed by atoms with Crippen molar-refractivity contribution in [2.45, 2.75) is 25.4 Å². The number of rotatable bonds is 3. The monoisotopic (exact) mass is 336 g/mol. The number of carbonyl (C=O) groups is 1. The van der Waals surface area contributed by atoms with Gasteiger partial charge in [-0.15, -0.1) is 0 Å². The van der Waals surface area contributed by atoms with Crippen molar-refractivity contribution in [2.75, 3.05) is 18.6 Å². The number of fused-ring (bicyclic) bond motifs is 1. The van der Waals surface area contributed by atoms with Crippen LogP contribution in [0.2, 0.25) is 0 Å². The third kappa shape index (κ3) is 3.85. The van der Waals surface area contributed by atoms with Crippen LogP contribution < -0.4 is 5.32 Å². The van der Waals surface area contributed by atoms with Gasteiger partial charge in [0.2, 0.25) is 0 Å². The van der Waals surface area contributed by atoms with Crippen molar-refractivity contribution in [1.29, 1.82) is 0 Å². The normalized spacial score (nSPS) is 20.3. The summed E-state index contributed by atoms with van der Waals surface area (Å²) in [6.07, 6.45) is 1.30. The number of para-hydroxylation sites is 1. The lowest BCUT2D eigenvalue weighted by molar-refractivity contribution is 0.199. The molecule has 7 heteroatoms. The molecule has 124 valence electrons. The van der Waals surface area contributed by atoms with E-state index in [4.69, 9.17) is 4.42 Å². The van der Waals surface area contributed by atoms with Gasteiger partial charge in [0, 0.05) is 18.5 Å². The van der Waals surface area contributed by atoms with Crippen molar-refractivity contribution in [3.8, 4) is 0 Å². The van der Waals surface area contributed by atoms with Gasteiger partial charge in [-0.05, 0) is 25.0 Å². The standard InChI is InChI=1S/C16H20N2O4S/c1-18(10-14-9-12-5-2-3-7-15(12)22-14)16(19)17-13-6-4-8-23(20,21)11-13/h2-3,5,7,9,13H,4,6,8,10-11H2,1H3,(H,17,19)/t13-/m1/s1. The number of nitrogens with one attached hydrogen (secondary N) is 1. The SMILES string of the molecule is CN(Cc1cc2ccccc2o1)C(=O)N[C@@H]1CCCS(=O)(=O)C1. The Morgan fingerprint density at radius 1 is 1.39 bits per heavy atom. The Hall–Kier alpha value is -2.02. The fourth-order valence-corrected chi connectivity index (χ4v) is 4.48. The number of benzene rings is 1. The van der Waals surface area contributed by atoms with Crippen LogP contribution in [0.15, 0.2) is 34.7 Å². The van der Waals surface area contributed by atoms with Crippen LogP contribution in [0.25, 0.3) is 11.0 Å². The summed E-state index contributed by atoms with van der Waals surface area (Å²) in [6.45, 7) is 0.333. The first-order valence-corrected chi connectivity index (χ1v) is 9.44. The molecule has 1 fully saturated rings. The summed E-state index contributed by atoms with van der Waals surface area (Å²) in [5, 5.41) is 3.79. The van der Waals surface area contributed by atoms with Crippen molar-refractivity contribution in [2.24, 2.45) is 0 Å². The molecule has 1 aliphatic rings. The van der Waals surface area contributed by atoms with E-state index in [0.717, 1.165) is 11.0 Å². The van der Waals surface area contributed by atoms with Gasteiger partial charge in [0.15, 0.2) is 9.84 Å². The van der Waals surface area contributed by atoms with Crippen LogP contribution in [0.3, 0.4) is 0 Å². The van der Waals surface area contributed by atoms with Gasteiger partial charge in [0.25, 0.3) is 0 Å². The Labute approximate surface area is 135 Å². The van der Waals surface area contributed by atoms with Crippen LogP contribution in [-0.2, 0) is 16.4 Å². The number of furan rings is 1. The lowest BCUT2D eigenvalue weighted by Crippen LogP contribution is -2.47. The largest absolute Gasteiger partial charge is 0.459 e. The van der Waals surface area contributed by atoms with E-state index in [1.807, 2.05) is 30.3 Å². The topological polar surface area (TPSA) is 79.6 Å². The molecule has 1 aliphatic heterocycles. The fraction of sp³-hybridized carbons (Fsp3) is 0.438. The van der Waals surface area contributed by atoms with Crippen LogP contribution in [0, 0.1) is 0 Å². The van der Waals surface area contributed by atoms with Crippen molar-refractivity contribution in [1.82, 2.24) is 10.2 Å². The molecule has 1 aromatic carbocycles. The highest BCUT2D eigenvalue weighted by Gasteiger charge is 2.26. The molecule has 3 rings (SSSR count). The summed E-state index contributed by atoms with van der Waals surface area (Å²) < 4.78 is 28.9. The average Bonchev–Trinajstić information content (AvgIpc) is 2.88. The Morgan fingerprint density at radius 3 is 2.91 bits per heavy atom. The molecule has 1 atom stereocenters. The van der Waals surface area contributed by atoms with E-state index in [1.54, 1.807) is 7.05 Å². The van der Waals surface area contributed by atoms with Crippen molar-refractivity contribution >= 4 is 26.8 Å². The number of amides is 2. The van der Waals surface area contributed by atoms with E-state index in [-0.39, 0.29) is 23.6 Å². The smallest absolute Gasteiger partial charge is 0.317 e. The van der Waals surface area contributed by atoms with Gasteiger partial charge in [-0.25, -0.2) is 13.2 Å². The number of nitrogens with zero attached hydrogens (tertiary/aromatic N) is 1. The van der Waals surface area contributed by atoms with Crippen molar-refractivity contribution in [3.63, 3.8) is 0 Å². The van der Waals surface area contributed by atoms with E-state index in [0.29, 0.717) is 25.1 Å².